The highest BCUT2D eigenvalue weighted by atomic mass is 16.7. The van der Waals surface area contributed by atoms with Crippen molar-refractivity contribution in [3.05, 3.63) is 29.8 Å². The highest BCUT2D eigenvalue weighted by Crippen LogP contribution is 2.13. The maximum absolute atomic E-state index is 12.2. The lowest BCUT2D eigenvalue weighted by atomic mass is 10.1. The molecule has 0 aromatic heterocycles. The summed E-state index contributed by atoms with van der Waals surface area (Å²) in [5.74, 6) is -0.478. The van der Waals surface area contributed by atoms with Gasteiger partial charge in [-0.15, -0.1) is 0 Å². The average molecular weight is 396 g/mol. The number of primary amides is 1. The molecule has 3 N–H and O–H groups in total. The van der Waals surface area contributed by atoms with Gasteiger partial charge in [-0.05, 0) is 31.5 Å². The molecule has 0 bridgehead atoms. The SMILES string of the molecule is CC(=O)OC(C)OC(=O)N(CC(O)COc1ccc(CC(N)=O)cc1)C(C)C. The van der Waals surface area contributed by atoms with Gasteiger partial charge in [0.25, 0.3) is 0 Å². The molecule has 0 saturated heterocycles. The van der Waals surface area contributed by atoms with Crippen molar-refractivity contribution in [2.45, 2.75) is 52.6 Å². The Kier molecular flexibility index (Phi) is 9.23. The summed E-state index contributed by atoms with van der Waals surface area (Å²) in [4.78, 5) is 35.3. The fraction of sp³-hybridized carbons (Fsp3) is 0.526. The second kappa shape index (κ2) is 11.1. The van der Waals surface area contributed by atoms with Crippen LogP contribution in [0.1, 0.15) is 33.3 Å². The van der Waals surface area contributed by atoms with Crippen LogP contribution < -0.4 is 10.5 Å². The number of aliphatic hydroxyl groups excluding tert-OH is 1. The Bertz CT molecular complexity index is 661. The number of nitrogens with two attached hydrogens (primary N) is 1. The third kappa shape index (κ3) is 8.72. The van der Waals surface area contributed by atoms with E-state index in [1.54, 1.807) is 38.1 Å². The average Bonchev–Trinajstić information content (AvgIpc) is 2.57. The first kappa shape index (κ1) is 23.2. The van der Waals surface area contributed by atoms with Crippen molar-refractivity contribution in [2.75, 3.05) is 13.2 Å². The van der Waals surface area contributed by atoms with Gasteiger partial charge < -0.3 is 30.0 Å². The molecule has 9 nitrogen and oxygen atoms in total. The molecule has 28 heavy (non-hydrogen) atoms. The number of carbonyl (C=O) groups excluding carboxylic acids is 3. The third-order valence-corrected chi connectivity index (χ3v) is 3.61. The van der Waals surface area contributed by atoms with Crippen LogP contribution in [0.4, 0.5) is 4.79 Å². The van der Waals surface area contributed by atoms with Gasteiger partial charge >= 0.3 is 12.1 Å². The minimum absolute atomic E-state index is 0.0248. The number of amides is 2. The molecule has 0 aliphatic carbocycles. The topological polar surface area (TPSA) is 128 Å². The van der Waals surface area contributed by atoms with Gasteiger partial charge in [0.05, 0.1) is 13.0 Å². The van der Waals surface area contributed by atoms with Crippen molar-refractivity contribution in [3.63, 3.8) is 0 Å². The van der Waals surface area contributed by atoms with E-state index in [9.17, 15) is 19.5 Å². The quantitative estimate of drug-likeness (QED) is 0.449. The van der Waals surface area contributed by atoms with Crippen molar-refractivity contribution in [1.82, 2.24) is 4.90 Å². The molecule has 0 spiro atoms. The normalized spacial score (nSPS) is 12.8. The van der Waals surface area contributed by atoms with E-state index >= 15 is 0 Å². The Morgan fingerprint density at radius 2 is 1.71 bits per heavy atom. The largest absolute Gasteiger partial charge is 0.491 e. The molecule has 1 aromatic rings. The number of ether oxygens (including phenoxy) is 3. The molecule has 0 radical (unpaired) electrons. The smallest absolute Gasteiger partial charge is 0.413 e. The molecule has 2 unspecified atom stereocenters. The number of rotatable bonds is 10. The van der Waals surface area contributed by atoms with E-state index in [2.05, 4.69) is 0 Å². The van der Waals surface area contributed by atoms with E-state index in [1.165, 1.54) is 18.7 Å². The van der Waals surface area contributed by atoms with E-state index < -0.39 is 30.4 Å². The lowest BCUT2D eigenvalue weighted by Gasteiger charge is -2.29. The summed E-state index contributed by atoms with van der Waals surface area (Å²) >= 11 is 0. The maximum Gasteiger partial charge on any atom is 0.413 e. The highest BCUT2D eigenvalue weighted by molar-refractivity contribution is 5.76. The van der Waals surface area contributed by atoms with Crippen LogP contribution in [0.5, 0.6) is 5.75 Å². The summed E-state index contributed by atoms with van der Waals surface area (Å²) in [6.07, 6.45) is -2.57. The van der Waals surface area contributed by atoms with Gasteiger partial charge in [-0.2, -0.15) is 0 Å². The van der Waals surface area contributed by atoms with E-state index in [0.29, 0.717) is 5.75 Å². The van der Waals surface area contributed by atoms with Crippen LogP contribution in [-0.2, 0) is 25.5 Å². The van der Waals surface area contributed by atoms with Gasteiger partial charge in [-0.1, -0.05) is 12.1 Å². The van der Waals surface area contributed by atoms with Gasteiger partial charge in [0.1, 0.15) is 18.5 Å². The lowest BCUT2D eigenvalue weighted by Crippen LogP contribution is -2.45. The first-order valence-corrected chi connectivity index (χ1v) is 8.91. The Morgan fingerprint density at radius 1 is 1.11 bits per heavy atom. The summed E-state index contributed by atoms with van der Waals surface area (Å²) in [6.45, 7) is 6.10. The fourth-order valence-corrected chi connectivity index (χ4v) is 2.34. The Morgan fingerprint density at radius 3 is 2.21 bits per heavy atom. The standard InChI is InChI=1S/C19H28N2O7/c1-12(2)21(19(25)28-14(4)27-13(3)22)10-16(23)11-26-17-7-5-15(6-8-17)9-18(20)24/h5-8,12,14,16,23H,9-11H2,1-4H3,(H2,20,24). The second-order valence-electron chi connectivity index (χ2n) is 6.56. The van der Waals surface area contributed by atoms with Crippen LogP contribution in [0.2, 0.25) is 0 Å². The van der Waals surface area contributed by atoms with Crippen LogP contribution in [0.15, 0.2) is 24.3 Å². The molecular formula is C19H28N2O7. The molecule has 0 aliphatic heterocycles. The fourth-order valence-electron chi connectivity index (χ4n) is 2.34. The van der Waals surface area contributed by atoms with Crippen LogP contribution in [0.25, 0.3) is 0 Å². The molecule has 1 aromatic carbocycles. The number of esters is 1. The van der Waals surface area contributed by atoms with Crippen LogP contribution in [0, 0.1) is 0 Å². The van der Waals surface area contributed by atoms with Crippen molar-refractivity contribution >= 4 is 18.0 Å². The zero-order valence-electron chi connectivity index (χ0n) is 16.6. The summed E-state index contributed by atoms with van der Waals surface area (Å²) < 4.78 is 15.3. The second-order valence-corrected chi connectivity index (χ2v) is 6.56. The minimum atomic E-state index is -1.03. The molecule has 0 saturated carbocycles. The van der Waals surface area contributed by atoms with E-state index in [4.69, 9.17) is 19.9 Å². The maximum atomic E-state index is 12.2. The van der Waals surface area contributed by atoms with Crippen LogP contribution >= 0.6 is 0 Å². The van der Waals surface area contributed by atoms with Crippen molar-refractivity contribution in [3.8, 4) is 5.75 Å². The number of nitrogens with zero attached hydrogens (tertiary/aromatic N) is 1. The van der Waals surface area contributed by atoms with Gasteiger partial charge in [0.2, 0.25) is 12.2 Å². The third-order valence-electron chi connectivity index (χ3n) is 3.61. The van der Waals surface area contributed by atoms with Gasteiger partial charge in [0, 0.05) is 19.9 Å². The Balaban J connectivity index is 2.55. The summed E-state index contributed by atoms with van der Waals surface area (Å²) in [7, 11) is 0. The lowest BCUT2D eigenvalue weighted by molar-refractivity contribution is -0.163. The monoisotopic (exact) mass is 396 g/mol. The number of hydrogen-bond acceptors (Lipinski definition) is 7. The van der Waals surface area contributed by atoms with Crippen LogP contribution in [-0.4, -0.2) is 59.6 Å². The number of carbonyl (C=O) groups is 3. The number of hydrogen-bond donors (Lipinski definition) is 2. The predicted molar refractivity (Wildman–Crippen MR) is 100 cm³/mol. The summed E-state index contributed by atoms with van der Waals surface area (Å²) in [5.41, 5.74) is 5.90. The Labute approximate surface area is 164 Å². The molecule has 9 heteroatoms. The van der Waals surface area contributed by atoms with Gasteiger partial charge in [-0.25, -0.2) is 4.79 Å². The Hall–Kier alpha value is -2.81. The number of aliphatic hydroxyl groups is 1. The van der Waals surface area contributed by atoms with Crippen molar-refractivity contribution in [2.24, 2.45) is 5.73 Å². The molecule has 2 atom stereocenters. The first-order chi connectivity index (χ1) is 13.1. The summed E-state index contributed by atoms with van der Waals surface area (Å²) in [5, 5.41) is 10.2. The predicted octanol–water partition coefficient (Wildman–Crippen LogP) is 1.21. The van der Waals surface area contributed by atoms with E-state index in [0.717, 1.165) is 5.56 Å². The molecule has 2 amide bonds. The highest BCUT2D eigenvalue weighted by Gasteiger charge is 2.24. The van der Waals surface area contributed by atoms with E-state index in [1.807, 2.05) is 0 Å². The minimum Gasteiger partial charge on any atom is -0.491 e. The van der Waals surface area contributed by atoms with Gasteiger partial charge in [-0.3, -0.25) is 9.59 Å². The molecule has 1 rings (SSSR count). The van der Waals surface area contributed by atoms with E-state index in [-0.39, 0.29) is 25.6 Å². The molecule has 0 aliphatic rings. The molecule has 0 heterocycles. The van der Waals surface area contributed by atoms with Crippen molar-refractivity contribution in [1.29, 1.82) is 0 Å². The first-order valence-electron chi connectivity index (χ1n) is 8.91. The zero-order chi connectivity index (χ0) is 21.3. The molecule has 0 fully saturated rings. The summed E-state index contributed by atoms with van der Waals surface area (Å²) in [6, 6.07) is 6.50. The van der Waals surface area contributed by atoms with Crippen LogP contribution in [0.3, 0.4) is 0 Å². The molecular weight excluding hydrogens is 368 g/mol. The number of benzene rings is 1. The van der Waals surface area contributed by atoms with Crippen molar-refractivity contribution < 1.29 is 33.7 Å². The van der Waals surface area contributed by atoms with Gasteiger partial charge in [0.15, 0.2) is 0 Å². The molecule has 156 valence electrons. The zero-order valence-corrected chi connectivity index (χ0v) is 16.6.